The zero-order chi connectivity index (χ0) is 12.2. The molecule has 0 aliphatic rings. The smallest absolute Gasteiger partial charge is 0.306 e. The van der Waals surface area contributed by atoms with Crippen LogP contribution in [0.1, 0.15) is 26.2 Å². The number of terminal acetylenes is 1. The Labute approximate surface area is 102 Å². The molecule has 92 valence electrons. The molecule has 4 heteroatoms. The number of carbonyl (C=O) groups is 1. The second-order valence-corrected chi connectivity index (χ2v) is 3.73. The molecule has 0 aromatic carbocycles. The van der Waals surface area contributed by atoms with Crippen LogP contribution >= 0.6 is 11.6 Å². The molecule has 0 spiro atoms. The maximum absolute atomic E-state index is 11.3. The number of ether oxygens (including phenoxy) is 2. The molecule has 0 bridgehead atoms. The highest BCUT2D eigenvalue weighted by Crippen LogP contribution is 2.10. The van der Waals surface area contributed by atoms with Gasteiger partial charge in [0.1, 0.15) is 6.61 Å². The minimum absolute atomic E-state index is 0.205. The number of halogens is 1. The Hall–Kier alpha value is -0.720. The van der Waals surface area contributed by atoms with E-state index in [1.54, 1.807) is 0 Å². The fourth-order valence-corrected chi connectivity index (χ4v) is 1.38. The van der Waals surface area contributed by atoms with Crippen molar-refractivity contribution in [1.82, 2.24) is 0 Å². The maximum atomic E-state index is 11.3. The maximum Gasteiger partial charge on any atom is 0.306 e. The molecule has 0 fully saturated rings. The molecule has 0 N–H and O–H groups in total. The standard InChI is InChI=1S/C12H19ClO3/c1-3-5-6-15-7-8-16-12(14)9-11(4-2)10-13/h1,11H,4-10H2,2H3. The van der Waals surface area contributed by atoms with E-state index < -0.39 is 0 Å². The van der Waals surface area contributed by atoms with Crippen molar-refractivity contribution in [2.45, 2.75) is 26.2 Å². The Morgan fingerprint density at radius 1 is 1.44 bits per heavy atom. The predicted molar refractivity (Wildman–Crippen MR) is 64.3 cm³/mol. The molecule has 0 aliphatic carbocycles. The van der Waals surface area contributed by atoms with Gasteiger partial charge in [0.15, 0.2) is 0 Å². The molecule has 0 amide bonds. The lowest BCUT2D eigenvalue weighted by atomic mass is 10.1. The minimum atomic E-state index is -0.215. The van der Waals surface area contributed by atoms with Crippen molar-refractivity contribution in [2.24, 2.45) is 5.92 Å². The van der Waals surface area contributed by atoms with Gasteiger partial charge in [0, 0.05) is 18.7 Å². The topological polar surface area (TPSA) is 35.5 Å². The molecule has 0 saturated carbocycles. The van der Waals surface area contributed by atoms with Crippen LogP contribution in [-0.2, 0) is 14.3 Å². The molecule has 0 radical (unpaired) electrons. The van der Waals surface area contributed by atoms with E-state index in [-0.39, 0.29) is 18.5 Å². The quantitative estimate of drug-likeness (QED) is 0.271. The molecule has 16 heavy (non-hydrogen) atoms. The zero-order valence-corrected chi connectivity index (χ0v) is 10.5. The Bertz CT molecular complexity index is 219. The van der Waals surface area contributed by atoms with Crippen LogP contribution in [0.3, 0.4) is 0 Å². The largest absolute Gasteiger partial charge is 0.463 e. The van der Waals surface area contributed by atoms with Crippen molar-refractivity contribution in [3.05, 3.63) is 0 Å². The number of esters is 1. The summed E-state index contributed by atoms with van der Waals surface area (Å²) in [6.45, 7) is 3.18. The van der Waals surface area contributed by atoms with Gasteiger partial charge in [-0.15, -0.1) is 23.9 Å². The van der Waals surface area contributed by atoms with Crippen molar-refractivity contribution in [3.8, 4) is 12.3 Å². The fraction of sp³-hybridized carbons (Fsp3) is 0.750. The summed E-state index contributed by atoms with van der Waals surface area (Å²) in [6.07, 6.45) is 6.90. The van der Waals surface area contributed by atoms with Crippen LogP contribution in [0.15, 0.2) is 0 Å². The van der Waals surface area contributed by atoms with E-state index in [1.807, 2.05) is 6.92 Å². The second kappa shape index (κ2) is 10.8. The van der Waals surface area contributed by atoms with Crippen LogP contribution in [0.5, 0.6) is 0 Å². The van der Waals surface area contributed by atoms with Crippen LogP contribution in [0.4, 0.5) is 0 Å². The first-order valence-corrected chi connectivity index (χ1v) is 6.00. The SMILES string of the molecule is C#CCCOCCOC(=O)CC(CC)CCl. The Balaban J connectivity index is 3.40. The van der Waals surface area contributed by atoms with Crippen molar-refractivity contribution < 1.29 is 14.3 Å². The molecular weight excluding hydrogens is 228 g/mol. The molecule has 1 atom stereocenters. The van der Waals surface area contributed by atoms with E-state index in [0.29, 0.717) is 31.9 Å². The number of carbonyl (C=O) groups excluding carboxylic acids is 1. The third kappa shape index (κ3) is 8.58. The van der Waals surface area contributed by atoms with Crippen LogP contribution in [0.2, 0.25) is 0 Å². The molecule has 3 nitrogen and oxygen atoms in total. The number of rotatable bonds is 9. The average Bonchev–Trinajstić information content (AvgIpc) is 2.30. The van der Waals surface area contributed by atoms with E-state index in [2.05, 4.69) is 5.92 Å². The molecule has 1 unspecified atom stereocenters. The molecule has 0 rings (SSSR count). The lowest BCUT2D eigenvalue weighted by Crippen LogP contribution is -2.15. The first-order valence-electron chi connectivity index (χ1n) is 5.47. The molecular formula is C12H19ClO3. The summed E-state index contributed by atoms with van der Waals surface area (Å²) < 4.78 is 10.1. The average molecular weight is 247 g/mol. The monoisotopic (exact) mass is 246 g/mol. The van der Waals surface area contributed by atoms with Gasteiger partial charge in [0.05, 0.1) is 13.2 Å². The second-order valence-electron chi connectivity index (χ2n) is 3.42. The lowest BCUT2D eigenvalue weighted by Gasteiger charge is -2.10. The Morgan fingerprint density at radius 3 is 2.75 bits per heavy atom. The normalized spacial score (nSPS) is 11.8. The van der Waals surface area contributed by atoms with E-state index in [1.165, 1.54) is 0 Å². The summed E-state index contributed by atoms with van der Waals surface area (Å²) in [5.41, 5.74) is 0. The molecule has 0 saturated heterocycles. The van der Waals surface area contributed by atoms with E-state index in [0.717, 1.165) is 6.42 Å². The predicted octanol–water partition coefficient (Wildman–Crippen LogP) is 2.22. The van der Waals surface area contributed by atoms with Crippen LogP contribution in [0, 0.1) is 18.3 Å². The van der Waals surface area contributed by atoms with Gasteiger partial charge in [-0.05, 0) is 5.92 Å². The van der Waals surface area contributed by atoms with Gasteiger partial charge in [-0.3, -0.25) is 4.79 Å². The van der Waals surface area contributed by atoms with Gasteiger partial charge < -0.3 is 9.47 Å². The van der Waals surface area contributed by atoms with Crippen molar-refractivity contribution in [2.75, 3.05) is 25.7 Å². The van der Waals surface area contributed by atoms with E-state index >= 15 is 0 Å². The molecule has 0 aromatic heterocycles. The third-order valence-corrected chi connectivity index (χ3v) is 2.57. The fourth-order valence-electron chi connectivity index (χ4n) is 1.05. The number of alkyl halides is 1. The van der Waals surface area contributed by atoms with Gasteiger partial charge in [-0.25, -0.2) is 0 Å². The van der Waals surface area contributed by atoms with E-state index in [4.69, 9.17) is 27.5 Å². The van der Waals surface area contributed by atoms with Gasteiger partial charge in [-0.1, -0.05) is 13.3 Å². The Morgan fingerprint density at radius 2 is 2.19 bits per heavy atom. The van der Waals surface area contributed by atoms with Gasteiger partial charge in [0.2, 0.25) is 0 Å². The highest BCUT2D eigenvalue weighted by atomic mass is 35.5. The Kier molecular flexibility index (Phi) is 10.3. The van der Waals surface area contributed by atoms with Gasteiger partial charge in [0.25, 0.3) is 0 Å². The first kappa shape index (κ1) is 15.3. The molecule has 0 aliphatic heterocycles. The van der Waals surface area contributed by atoms with Crippen molar-refractivity contribution >= 4 is 17.6 Å². The third-order valence-electron chi connectivity index (χ3n) is 2.13. The summed E-state index contributed by atoms with van der Waals surface area (Å²) in [4.78, 5) is 11.3. The minimum Gasteiger partial charge on any atom is -0.463 e. The van der Waals surface area contributed by atoms with Gasteiger partial charge in [-0.2, -0.15) is 0 Å². The summed E-state index contributed by atoms with van der Waals surface area (Å²) in [5, 5.41) is 0. The number of hydrogen-bond acceptors (Lipinski definition) is 3. The highest BCUT2D eigenvalue weighted by molar-refractivity contribution is 6.18. The summed E-state index contributed by atoms with van der Waals surface area (Å²) in [5.74, 6) is 2.94. The van der Waals surface area contributed by atoms with Crippen LogP contribution < -0.4 is 0 Å². The molecule has 0 heterocycles. The van der Waals surface area contributed by atoms with Crippen LogP contribution in [0.25, 0.3) is 0 Å². The summed E-state index contributed by atoms with van der Waals surface area (Å²) in [6, 6.07) is 0. The zero-order valence-electron chi connectivity index (χ0n) is 9.71. The lowest BCUT2D eigenvalue weighted by molar-refractivity contribution is -0.146. The molecule has 0 aromatic rings. The van der Waals surface area contributed by atoms with Crippen molar-refractivity contribution in [1.29, 1.82) is 0 Å². The van der Waals surface area contributed by atoms with E-state index in [9.17, 15) is 4.79 Å². The van der Waals surface area contributed by atoms with Crippen molar-refractivity contribution in [3.63, 3.8) is 0 Å². The van der Waals surface area contributed by atoms with Crippen LogP contribution in [-0.4, -0.2) is 31.7 Å². The number of hydrogen-bond donors (Lipinski definition) is 0. The summed E-state index contributed by atoms with van der Waals surface area (Å²) >= 11 is 5.68. The summed E-state index contributed by atoms with van der Waals surface area (Å²) in [7, 11) is 0. The highest BCUT2D eigenvalue weighted by Gasteiger charge is 2.11. The first-order chi connectivity index (χ1) is 7.74. The van der Waals surface area contributed by atoms with Gasteiger partial charge >= 0.3 is 5.97 Å².